The van der Waals surface area contributed by atoms with Gasteiger partial charge in [0.1, 0.15) is 11.6 Å². The van der Waals surface area contributed by atoms with Crippen LogP contribution in [0.3, 0.4) is 0 Å². The second kappa shape index (κ2) is 12.3. The van der Waals surface area contributed by atoms with Crippen LogP contribution in [0.2, 0.25) is 0 Å². The molecule has 1 fully saturated rings. The molecule has 168 valence electrons. The number of amides is 2. The highest BCUT2D eigenvalue weighted by Crippen LogP contribution is 2.17. The Kier molecular flexibility index (Phi) is 11.3. The Bertz CT molecular complexity index is 567. The van der Waals surface area contributed by atoms with Crippen LogP contribution < -0.4 is 16.4 Å². The number of carbonyl (C=O) groups is 4. The molecule has 10 nitrogen and oxygen atoms in total. The summed E-state index contributed by atoms with van der Waals surface area (Å²) >= 11 is 0. The molecule has 0 saturated carbocycles. The molecule has 1 aliphatic heterocycles. The molecule has 0 radical (unpaired) electrons. The maximum atomic E-state index is 11.6. The highest BCUT2D eigenvalue weighted by molar-refractivity contribution is 5.86. The van der Waals surface area contributed by atoms with E-state index in [-0.39, 0.29) is 24.2 Å². The minimum absolute atomic E-state index is 0.0154. The number of ether oxygens (including phenoxy) is 1. The van der Waals surface area contributed by atoms with Gasteiger partial charge in [0.25, 0.3) is 0 Å². The number of nitrogens with one attached hydrogen (secondary N) is 2. The van der Waals surface area contributed by atoms with Gasteiger partial charge in [-0.1, -0.05) is 13.8 Å². The summed E-state index contributed by atoms with van der Waals surface area (Å²) in [7, 11) is 0. The van der Waals surface area contributed by atoms with Gasteiger partial charge in [-0.05, 0) is 59.0 Å². The molecule has 1 saturated heterocycles. The highest BCUT2D eigenvalue weighted by Gasteiger charge is 2.36. The number of primary amides is 1. The van der Waals surface area contributed by atoms with Crippen molar-refractivity contribution in [2.45, 2.75) is 65.5 Å². The van der Waals surface area contributed by atoms with Crippen molar-refractivity contribution in [2.75, 3.05) is 13.1 Å². The SMILES string of the molecule is CC(C)C[C@@H](C(=O)O)[C@H](NC(=O)OC(C)(C)C)C(=O)O.NC(=O)C1CCNCC1. The van der Waals surface area contributed by atoms with Crippen LogP contribution in [0.5, 0.6) is 0 Å². The van der Waals surface area contributed by atoms with Gasteiger partial charge in [0.05, 0.1) is 5.92 Å². The second-order valence-corrected chi connectivity index (χ2v) is 8.46. The molecule has 0 aromatic carbocycles. The number of aliphatic carboxylic acids is 2. The van der Waals surface area contributed by atoms with E-state index >= 15 is 0 Å². The quantitative estimate of drug-likeness (QED) is 0.411. The number of piperidine rings is 1. The lowest BCUT2D eigenvalue weighted by Gasteiger charge is -2.25. The molecule has 2 amide bonds. The second-order valence-electron chi connectivity index (χ2n) is 8.46. The van der Waals surface area contributed by atoms with Gasteiger partial charge in [-0.3, -0.25) is 9.59 Å². The van der Waals surface area contributed by atoms with Crippen LogP contribution in [0.15, 0.2) is 0 Å². The molecular formula is C19H35N3O7. The molecule has 0 unspecified atom stereocenters. The lowest BCUT2D eigenvalue weighted by Crippen LogP contribution is -2.50. The number of carboxylic acid groups (broad SMARTS) is 2. The highest BCUT2D eigenvalue weighted by atomic mass is 16.6. The summed E-state index contributed by atoms with van der Waals surface area (Å²) in [5.74, 6) is -3.90. The summed E-state index contributed by atoms with van der Waals surface area (Å²) in [4.78, 5) is 44.5. The van der Waals surface area contributed by atoms with Gasteiger partial charge < -0.3 is 31.3 Å². The first kappa shape index (κ1) is 26.6. The standard InChI is InChI=1S/C13H23NO6.C6H12N2O/c1-7(2)6-8(10(15)16)9(11(17)18)14-12(19)20-13(3,4)5;7-6(9)5-1-3-8-4-2-5/h7-9H,6H2,1-5H3,(H,14,19)(H,15,16)(H,17,18);5,8H,1-4H2,(H2,7,9)/t8-,9+;/m1./s1. The van der Waals surface area contributed by atoms with E-state index in [0.29, 0.717) is 0 Å². The van der Waals surface area contributed by atoms with Crippen LogP contribution in [-0.2, 0) is 19.1 Å². The first-order valence-corrected chi connectivity index (χ1v) is 9.69. The third-order valence-corrected chi connectivity index (χ3v) is 4.12. The Morgan fingerprint density at radius 3 is 1.93 bits per heavy atom. The molecular weight excluding hydrogens is 382 g/mol. The number of hydrogen-bond acceptors (Lipinski definition) is 6. The topological polar surface area (TPSA) is 168 Å². The number of rotatable bonds is 7. The van der Waals surface area contributed by atoms with Crippen molar-refractivity contribution in [3.63, 3.8) is 0 Å². The monoisotopic (exact) mass is 417 g/mol. The molecule has 0 bridgehead atoms. The van der Waals surface area contributed by atoms with Crippen LogP contribution in [0.25, 0.3) is 0 Å². The van der Waals surface area contributed by atoms with E-state index in [2.05, 4.69) is 10.6 Å². The zero-order valence-electron chi connectivity index (χ0n) is 17.9. The molecule has 1 aliphatic rings. The summed E-state index contributed by atoms with van der Waals surface area (Å²) in [6.45, 7) is 10.3. The number of nitrogens with two attached hydrogens (primary N) is 1. The number of carboxylic acids is 2. The minimum Gasteiger partial charge on any atom is -0.481 e. The number of alkyl carbamates (subject to hydrolysis) is 1. The summed E-state index contributed by atoms with van der Waals surface area (Å²) < 4.78 is 4.95. The van der Waals surface area contributed by atoms with Crippen molar-refractivity contribution in [3.05, 3.63) is 0 Å². The molecule has 10 heteroatoms. The summed E-state index contributed by atoms with van der Waals surface area (Å²) in [5.41, 5.74) is 4.31. The Morgan fingerprint density at radius 2 is 1.62 bits per heavy atom. The van der Waals surface area contributed by atoms with Crippen molar-refractivity contribution in [1.82, 2.24) is 10.6 Å². The van der Waals surface area contributed by atoms with Crippen molar-refractivity contribution in [1.29, 1.82) is 0 Å². The first-order chi connectivity index (χ1) is 13.2. The Balaban J connectivity index is 0.000000717. The van der Waals surface area contributed by atoms with Gasteiger partial charge >= 0.3 is 18.0 Å². The van der Waals surface area contributed by atoms with E-state index in [0.717, 1.165) is 25.9 Å². The maximum absolute atomic E-state index is 11.6. The molecule has 0 aliphatic carbocycles. The lowest BCUT2D eigenvalue weighted by atomic mass is 9.90. The fourth-order valence-corrected chi connectivity index (χ4v) is 2.76. The third kappa shape index (κ3) is 11.9. The van der Waals surface area contributed by atoms with Crippen molar-refractivity contribution >= 4 is 23.9 Å². The minimum atomic E-state index is -1.52. The Morgan fingerprint density at radius 1 is 1.10 bits per heavy atom. The fourth-order valence-electron chi connectivity index (χ4n) is 2.76. The van der Waals surface area contributed by atoms with Crippen LogP contribution in [-0.4, -0.2) is 58.9 Å². The van der Waals surface area contributed by atoms with E-state index in [1.54, 1.807) is 34.6 Å². The average molecular weight is 418 g/mol. The molecule has 0 spiro atoms. The summed E-state index contributed by atoms with van der Waals surface area (Å²) in [6, 6.07) is -1.52. The zero-order chi connectivity index (χ0) is 22.8. The van der Waals surface area contributed by atoms with Crippen LogP contribution in [0.4, 0.5) is 4.79 Å². The van der Waals surface area contributed by atoms with Gasteiger partial charge in [0.2, 0.25) is 5.91 Å². The van der Waals surface area contributed by atoms with Crippen LogP contribution >= 0.6 is 0 Å². The molecule has 0 aromatic heterocycles. The van der Waals surface area contributed by atoms with Crippen molar-refractivity contribution in [2.24, 2.45) is 23.5 Å². The fraction of sp³-hybridized carbons (Fsp3) is 0.789. The average Bonchev–Trinajstić information content (AvgIpc) is 2.57. The van der Waals surface area contributed by atoms with Crippen molar-refractivity contribution < 1.29 is 34.1 Å². The van der Waals surface area contributed by atoms with Crippen LogP contribution in [0.1, 0.15) is 53.9 Å². The molecule has 1 heterocycles. The van der Waals surface area contributed by atoms with Gasteiger partial charge in [-0.15, -0.1) is 0 Å². The third-order valence-electron chi connectivity index (χ3n) is 4.12. The van der Waals surface area contributed by atoms with Gasteiger partial charge in [0, 0.05) is 5.92 Å². The summed E-state index contributed by atoms with van der Waals surface area (Å²) in [6.07, 6.45) is 1.02. The maximum Gasteiger partial charge on any atom is 0.408 e. The first-order valence-electron chi connectivity index (χ1n) is 9.69. The van der Waals surface area contributed by atoms with E-state index in [1.807, 2.05) is 0 Å². The Hall–Kier alpha value is -2.36. The summed E-state index contributed by atoms with van der Waals surface area (Å²) in [5, 5.41) is 23.5. The van der Waals surface area contributed by atoms with Crippen LogP contribution in [0, 0.1) is 17.8 Å². The predicted molar refractivity (Wildman–Crippen MR) is 106 cm³/mol. The largest absolute Gasteiger partial charge is 0.481 e. The van der Waals surface area contributed by atoms with E-state index in [1.165, 1.54) is 0 Å². The van der Waals surface area contributed by atoms with Crippen molar-refractivity contribution in [3.8, 4) is 0 Å². The number of carbonyl (C=O) groups excluding carboxylic acids is 2. The van der Waals surface area contributed by atoms with E-state index < -0.39 is 35.6 Å². The molecule has 1 rings (SSSR count). The van der Waals surface area contributed by atoms with E-state index in [9.17, 15) is 19.2 Å². The van der Waals surface area contributed by atoms with Gasteiger partial charge in [0.15, 0.2) is 0 Å². The molecule has 0 aromatic rings. The van der Waals surface area contributed by atoms with E-state index in [4.69, 9.17) is 20.7 Å². The van der Waals surface area contributed by atoms with Gasteiger partial charge in [-0.25, -0.2) is 9.59 Å². The molecule has 2 atom stereocenters. The predicted octanol–water partition coefficient (Wildman–Crippen LogP) is 1.18. The normalized spacial score (nSPS) is 16.8. The number of hydrogen-bond donors (Lipinski definition) is 5. The molecule has 6 N–H and O–H groups in total. The lowest BCUT2D eigenvalue weighted by molar-refractivity contribution is -0.151. The van der Waals surface area contributed by atoms with Gasteiger partial charge in [-0.2, -0.15) is 0 Å². The molecule has 29 heavy (non-hydrogen) atoms. The zero-order valence-corrected chi connectivity index (χ0v) is 17.9. The Labute approximate surface area is 171 Å². The smallest absolute Gasteiger partial charge is 0.408 e.